The van der Waals surface area contributed by atoms with Crippen molar-refractivity contribution in [3.8, 4) is 5.75 Å². The first kappa shape index (κ1) is 23.2. The molecule has 0 saturated carbocycles. The van der Waals surface area contributed by atoms with Gasteiger partial charge in [0.05, 0.1) is 17.0 Å². The van der Waals surface area contributed by atoms with Crippen molar-refractivity contribution in [1.82, 2.24) is 19.3 Å². The minimum Gasteiger partial charge on any atom is -0.494 e. The Morgan fingerprint density at radius 1 is 1.15 bits per heavy atom. The lowest BCUT2D eigenvalue weighted by Crippen LogP contribution is -2.49. The van der Waals surface area contributed by atoms with Crippen molar-refractivity contribution in [2.75, 3.05) is 18.5 Å². The highest BCUT2D eigenvalue weighted by Crippen LogP contribution is 2.28. The van der Waals surface area contributed by atoms with Gasteiger partial charge in [-0.15, -0.1) is 5.10 Å². The minimum atomic E-state index is -3.88. The van der Waals surface area contributed by atoms with Crippen LogP contribution in [0.5, 0.6) is 5.75 Å². The Labute approximate surface area is 193 Å². The second kappa shape index (κ2) is 9.88. The molecule has 176 valence electrons. The number of ether oxygens (including phenoxy) is 1. The van der Waals surface area contributed by atoms with E-state index in [1.54, 1.807) is 47.1 Å². The van der Waals surface area contributed by atoms with Gasteiger partial charge in [-0.25, -0.2) is 13.1 Å². The number of rotatable bonds is 8. The molecule has 1 saturated heterocycles. The first-order valence-electron chi connectivity index (χ1n) is 11.3. The third-order valence-electron chi connectivity index (χ3n) is 5.72. The number of piperidine rings is 1. The minimum absolute atomic E-state index is 0.124. The molecule has 0 unspecified atom stereocenters. The SMILES string of the molecule is CCCn1nnc2cc(S(=O)(=O)N3CCCC[C@@H]3C(=O)Nc3ccc(OCC)cc3)ccc21. The lowest BCUT2D eigenvalue weighted by molar-refractivity contribution is -0.120. The van der Waals surface area contributed by atoms with Crippen LogP contribution in [0.15, 0.2) is 47.4 Å². The first-order chi connectivity index (χ1) is 15.9. The Hall–Kier alpha value is -2.98. The van der Waals surface area contributed by atoms with E-state index in [4.69, 9.17) is 4.74 Å². The molecule has 2 aromatic carbocycles. The van der Waals surface area contributed by atoms with Crippen molar-refractivity contribution >= 4 is 32.7 Å². The maximum atomic E-state index is 13.5. The zero-order valence-corrected chi connectivity index (χ0v) is 19.7. The Morgan fingerprint density at radius 2 is 1.94 bits per heavy atom. The molecule has 1 N–H and O–H groups in total. The predicted molar refractivity (Wildman–Crippen MR) is 126 cm³/mol. The van der Waals surface area contributed by atoms with E-state index in [0.29, 0.717) is 49.5 Å². The zero-order chi connectivity index (χ0) is 23.4. The molecule has 1 aromatic heterocycles. The van der Waals surface area contributed by atoms with Crippen LogP contribution < -0.4 is 10.1 Å². The van der Waals surface area contributed by atoms with E-state index in [9.17, 15) is 13.2 Å². The van der Waals surface area contributed by atoms with Crippen molar-refractivity contribution in [1.29, 1.82) is 0 Å². The normalized spacial score (nSPS) is 17.2. The number of hydrogen-bond donors (Lipinski definition) is 1. The number of sulfonamides is 1. The Balaban J connectivity index is 1.56. The van der Waals surface area contributed by atoms with E-state index >= 15 is 0 Å². The molecular weight excluding hydrogens is 442 g/mol. The number of nitrogens with zero attached hydrogens (tertiary/aromatic N) is 4. The molecule has 0 bridgehead atoms. The quantitative estimate of drug-likeness (QED) is 0.540. The Kier molecular flexibility index (Phi) is 6.94. The number of benzene rings is 2. The standard InChI is InChI=1S/C23H29N5O4S/c1-3-14-27-21-13-12-19(16-20(21)25-26-27)33(30,31)28-15-6-5-7-22(28)23(29)24-17-8-10-18(11-9-17)32-4-2/h8-13,16,22H,3-7,14-15H2,1-2H3,(H,24,29)/t22-/m1/s1. The van der Waals surface area contributed by atoms with Gasteiger partial charge < -0.3 is 10.1 Å². The molecule has 1 aliphatic heterocycles. The Bertz CT molecular complexity index is 1220. The molecule has 33 heavy (non-hydrogen) atoms. The highest BCUT2D eigenvalue weighted by molar-refractivity contribution is 7.89. The third-order valence-corrected chi connectivity index (χ3v) is 7.62. The largest absolute Gasteiger partial charge is 0.494 e. The van der Waals surface area contributed by atoms with Crippen LogP contribution in [0.3, 0.4) is 0 Å². The topological polar surface area (TPSA) is 106 Å². The van der Waals surface area contributed by atoms with E-state index in [-0.39, 0.29) is 10.8 Å². The van der Waals surface area contributed by atoms with Gasteiger partial charge in [-0.1, -0.05) is 18.6 Å². The van der Waals surface area contributed by atoms with Gasteiger partial charge in [0.15, 0.2) is 0 Å². The van der Waals surface area contributed by atoms with Gasteiger partial charge in [-0.3, -0.25) is 4.79 Å². The molecule has 1 aliphatic rings. The van der Waals surface area contributed by atoms with Crippen LogP contribution in [0.2, 0.25) is 0 Å². The summed E-state index contributed by atoms with van der Waals surface area (Å²) in [5.41, 5.74) is 1.91. The molecule has 2 heterocycles. The number of carbonyl (C=O) groups is 1. The highest BCUT2D eigenvalue weighted by Gasteiger charge is 2.38. The van der Waals surface area contributed by atoms with Gasteiger partial charge in [-0.2, -0.15) is 4.31 Å². The van der Waals surface area contributed by atoms with E-state index < -0.39 is 16.1 Å². The number of aromatic nitrogens is 3. The molecule has 4 rings (SSSR count). The number of anilines is 1. The van der Waals surface area contributed by atoms with Crippen LogP contribution in [0.4, 0.5) is 5.69 Å². The number of nitrogens with one attached hydrogen (secondary N) is 1. The molecular formula is C23H29N5O4S. The van der Waals surface area contributed by atoms with E-state index in [1.165, 1.54) is 4.31 Å². The van der Waals surface area contributed by atoms with Crippen LogP contribution in [-0.4, -0.2) is 52.8 Å². The number of carbonyl (C=O) groups excluding carboxylic acids is 1. The highest BCUT2D eigenvalue weighted by atomic mass is 32.2. The fourth-order valence-corrected chi connectivity index (χ4v) is 5.78. The second-order valence-corrected chi connectivity index (χ2v) is 9.93. The predicted octanol–water partition coefficient (Wildman–Crippen LogP) is 3.42. The summed E-state index contributed by atoms with van der Waals surface area (Å²) in [6.07, 6.45) is 2.87. The molecule has 1 atom stereocenters. The van der Waals surface area contributed by atoms with Crippen molar-refractivity contribution < 1.29 is 17.9 Å². The fourth-order valence-electron chi connectivity index (χ4n) is 4.11. The van der Waals surface area contributed by atoms with Gasteiger partial charge in [0, 0.05) is 18.8 Å². The van der Waals surface area contributed by atoms with Gasteiger partial charge in [0.1, 0.15) is 17.3 Å². The monoisotopic (exact) mass is 471 g/mol. The molecule has 3 aromatic rings. The lowest BCUT2D eigenvalue weighted by Gasteiger charge is -2.33. The third kappa shape index (κ3) is 4.86. The lowest BCUT2D eigenvalue weighted by atomic mass is 10.0. The summed E-state index contributed by atoms with van der Waals surface area (Å²) in [6, 6.07) is 11.1. The first-order valence-corrected chi connectivity index (χ1v) is 12.8. The average Bonchev–Trinajstić information content (AvgIpc) is 3.23. The summed E-state index contributed by atoms with van der Waals surface area (Å²) in [5.74, 6) is 0.376. The number of amides is 1. The molecule has 0 aliphatic carbocycles. The van der Waals surface area contributed by atoms with Gasteiger partial charge in [0.2, 0.25) is 15.9 Å². The van der Waals surface area contributed by atoms with Crippen LogP contribution in [-0.2, 0) is 21.4 Å². The molecule has 1 amide bonds. The van der Waals surface area contributed by atoms with Gasteiger partial charge >= 0.3 is 0 Å². The molecule has 0 spiro atoms. The number of aryl methyl sites for hydroxylation is 1. The maximum absolute atomic E-state index is 13.5. The van der Waals surface area contributed by atoms with Crippen LogP contribution >= 0.6 is 0 Å². The van der Waals surface area contributed by atoms with Crippen LogP contribution in [0, 0.1) is 0 Å². The molecule has 9 nitrogen and oxygen atoms in total. The summed E-state index contributed by atoms with van der Waals surface area (Å²) in [5, 5.41) is 11.1. The van der Waals surface area contributed by atoms with E-state index in [1.807, 2.05) is 13.8 Å². The second-order valence-electron chi connectivity index (χ2n) is 8.04. The molecule has 1 fully saturated rings. The number of hydrogen-bond acceptors (Lipinski definition) is 6. The molecule has 0 radical (unpaired) electrons. The zero-order valence-electron chi connectivity index (χ0n) is 18.9. The maximum Gasteiger partial charge on any atom is 0.243 e. The van der Waals surface area contributed by atoms with E-state index in [0.717, 1.165) is 18.4 Å². The summed E-state index contributed by atoms with van der Waals surface area (Å²) in [4.78, 5) is 13.2. The van der Waals surface area contributed by atoms with Crippen molar-refractivity contribution in [2.45, 2.75) is 57.0 Å². The fraction of sp³-hybridized carbons (Fsp3) is 0.435. The van der Waals surface area contributed by atoms with E-state index in [2.05, 4.69) is 15.6 Å². The summed E-state index contributed by atoms with van der Waals surface area (Å²) in [6.45, 7) is 5.51. The van der Waals surface area contributed by atoms with Crippen LogP contribution in [0.25, 0.3) is 11.0 Å². The van der Waals surface area contributed by atoms with Crippen molar-refractivity contribution in [2.24, 2.45) is 0 Å². The molecule has 10 heteroatoms. The van der Waals surface area contributed by atoms with Crippen molar-refractivity contribution in [3.63, 3.8) is 0 Å². The Morgan fingerprint density at radius 3 is 2.67 bits per heavy atom. The van der Waals surface area contributed by atoms with Crippen LogP contribution in [0.1, 0.15) is 39.5 Å². The summed E-state index contributed by atoms with van der Waals surface area (Å²) < 4.78 is 35.6. The summed E-state index contributed by atoms with van der Waals surface area (Å²) >= 11 is 0. The van der Waals surface area contributed by atoms with Crippen molar-refractivity contribution in [3.05, 3.63) is 42.5 Å². The smallest absolute Gasteiger partial charge is 0.243 e. The number of fused-ring (bicyclic) bond motifs is 1. The van der Waals surface area contributed by atoms with Gasteiger partial charge in [0.25, 0.3) is 0 Å². The average molecular weight is 472 g/mol. The van der Waals surface area contributed by atoms with Gasteiger partial charge in [-0.05, 0) is 68.7 Å². The summed E-state index contributed by atoms with van der Waals surface area (Å²) in [7, 11) is -3.88.